The van der Waals surface area contributed by atoms with Crippen molar-refractivity contribution in [2.24, 2.45) is 5.92 Å². The molecule has 0 aromatic heterocycles. The monoisotopic (exact) mass is 252 g/mol. The third-order valence-electron chi connectivity index (χ3n) is 4.38. The quantitative estimate of drug-likeness (QED) is 0.663. The highest BCUT2D eigenvalue weighted by molar-refractivity contribution is 4.84. The fourth-order valence-electron chi connectivity index (χ4n) is 3.17. The summed E-state index contributed by atoms with van der Waals surface area (Å²) in [5.41, 5.74) is 0. The Morgan fingerprint density at radius 2 is 1.83 bits per heavy atom. The topological polar surface area (TPSA) is 18.5 Å². The molecule has 2 atom stereocenters. The smallest absolute Gasteiger partial charge is 0.0813 e. The molecule has 0 amide bonds. The third kappa shape index (κ3) is 4.10. The standard InChI is InChI=1S/C16H28O2/c1-3-5-15-10-11-16(18-15)12-17-14-8-6-13(4-2)7-9-14/h4,13-16H,2-3,5-12H2,1H3. The first-order valence-electron chi connectivity index (χ1n) is 7.71. The van der Waals surface area contributed by atoms with E-state index in [2.05, 4.69) is 19.6 Å². The molecule has 2 fully saturated rings. The Bertz CT molecular complexity index is 243. The van der Waals surface area contributed by atoms with Gasteiger partial charge < -0.3 is 9.47 Å². The van der Waals surface area contributed by atoms with Crippen LogP contribution in [0.5, 0.6) is 0 Å². The van der Waals surface area contributed by atoms with Crippen LogP contribution in [0.3, 0.4) is 0 Å². The second kappa shape index (κ2) is 7.30. The van der Waals surface area contributed by atoms with Crippen molar-refractivity contribution in [2.45, 2.75) is 76.6 Å². The highest BCUT2D eigenvalue weighted by Gasteiger charge is 2.26. The molecule has 0 aromatic carbocycles. The van der Waals surface area contributed by atoms with Gasteiger partial charge in [0.1, 0.15) is 0 Å². The Hall–Kier alpha value is -0.340. The minimum atomic E-state index is 0.360. The Labute approximate surface area is 112 Å². The summed E-state index contributed by atoms with van der Waals surface area (Å²) >= 11 is 0. The van der Waals surface area contributed by atoms with Crippen molar-refractivity contribution in [3.05, 3.63) is 12.7 Å². The van der Waals surface area contributed by atoms with Gasteiger partial charge in [0.15, 0.2) is 0 Å². The summed E-state index contributed by atoms with van der Waals surface area (Å²) in [4.78, 5) is 0. The van der Waals surface area contributed by atoms with Crippen LogP contribution < -0.4 is 0 Å². The first-order valence-corrected chi connectivity index (χ1v) is 7.71. The van der Waals surface area contributed by atoms with E-state index in [4.69, 9.17) is 9.47 Å². The normalized spacial score (nSPS) is 36.7. The zero-order valence-corrected chi connectivity index (χ0v) is 11.8. The van der Waals surface area contributed by atoms with Crippen LogP contribution in [0.1, 0.15) is 58.3 Å². The molecule has 1 heterocycles. The molecule has 0 aromatic rings. The van der Waals surface area contributed by atoms with Crippen LogP contribution >= 0.6 is 0 Å². The van der Waals surface area contributed by atoms with E-state index in [0.29, 0.717) is 18.3 Å². The Kier molecular flexibility index (Phi) is 5.71. The van der Waals surface area contributed by atoms with Gasteiger partial charge in [-0.2, -0.15) is 0 Å². The van der Waals surface area contributed by atoms with Gasteiger partial charge >= 0.3 is 0 Å². The van der Waals surface area contributed by atoms with Crippen molar-refractivity contribution in [2.75, 3.05) is 6.61 Å². The minimum absolute atomic E-state index is 0.360. The van der Waals surface area contributed by atoms with Crippen molar-refractivity contribution in [3.63, 3.8) is 0 Å². The highest BCUT2D eigenvalue weighted by Crippen LogP contribution is 2.28. The van der Waals surface area contributed by atoms with Crippen molar-refractivity contribution in [1.29, 1.82) is 0 Å². The van der Waals surface area contributed by atoms with E-state index >= 15 is 0 Å². The lowest BCUT2D eigenvalue weighted by Gasteiger charge is -2.27. The first kappa shape index (κ1) is 14.1. The van der Waals surface area contributed by atoms with E-state index in [1.165, 1.54) is 51.4 Å². The van der Waals surface area contributed by atoms with Gasteiger partial charge in [0.05, 0.1) is 24.9 Å². The summed E-state index contributed by atoms with van der Waals surface area (Å²) in [6, 6.07) is 0. The number of rotatable bonds is 6. The molecule has 0 bridgehead atoms. The zero-order chi connectivity index (χ0) is 12.8. The van der Waals surface area contributed by atoms with E-state index in [-0.39, 0.29) is 0 Å². The maximum Gasteiger partial charge on any atom is 0.0813 e. The Morgan fingerprint density at radius 1 is 1.11 bits per heavy atom. The van der Waals surface area contributed by atoms with Crippen LogP contribution in [0.2, 0.25) is 0 Å². The Balaban J connectivity index is 1.60. The van der Waals surface area contributed by atoms with Crippen LogP contribution in [-0.2, 0) is 9.47 Å². The second-order valence-corrected chi connectivity index (χ2v) is 5.85. The predicted molar refractivity (Wildman–Crippen MR) is 74.7 cm³/mol. The summed E-state index contributed by atoms with van der Waals surface area (Å²) < 4.78 is 12.0. The van der Waals surface area contributed by atoms with E-state index < -0.39 is 0 Å². The molecule has 2 aliphatic rings. The number of ether oxygens (including phenoxy) is 2. The molecule has 2 rings (SSSR count). The second-order valence-electron chi connectivity index (χ2n) is 5.85. The van der Waals surface area contributed by atoms with Gasteiger partial charge in [0, 0.05) is 0 Å². The van der Waals surface area contributed by atoms with Gasteiger partial charge in [-0.25, -0.2) is 0 Å². The van der Waals surface area contributed by atoms with E-state index in [9.17, 15) is 0 Å². The summed E-state index contributed by atoms with van der Waals surface area (Å²) in [6.45, 7) is 6.92. The summed E-state index contributed by atoms with van der Waals surface area (Å²) in [5.74, 6) is 0.724. The summed E-state index contributed by atoms with van der Waals surface area (Å²) in [6.07, 6.45) is 13.2. The largest absolute Gasteiger partial charge is 0.376 e. The van der Waals surface area contributed by atoms with Gasteiger partial charge in [-0.3, -0.25) is 0 Å². The number of hydrogen-bond acceptors (Lipinski definition) is 2. The molecule has 1 saturated carbocycles. The molecule has 2 nitrogen and oxygen atoms in total. The van der Waals surface area contributed by atoms with Gasteiger partial charge in [-0.15, -0.1) is 6.58 Å². The van der Waals surface area contributed by atoms with E-state index in [1.807, 2.05) is 0 Å². The molecule has 2 unspecified atom stereocenters. The maximum atomic E-state index is 6.03. The Morgan fingerprint density at radius 3 is 2.50 bits per heavy atom. The number of hydrogen-bond donors (Lipinski definition) is 0. The average molecular weight is 252 g/mol. The van der Waals surface area contributed by atoms with Crippen LogP contribution in [0.4, 0.5) is 0 Å². The van der Waals surface area contributed by atoms with Crippen LogP contribution in [0.15, 0.2) is 12.7 Å². The molecule has 0 spiro atoms. The lowest BCUT2D eigenvalue weighted by molar-refractivity contribution is -0.0537. The molecule has 18 heavy (non-hydrogen) atoms. The first-order chi connectivity index (χ1) is 8.81. The van der Waals surface area contributed by atoms with Gasteiger partial charge in [-0.1, -0.05) is 19.4 Å². The van der Waals surface area contributed by atoms with Crippen LogP contribution in [0.25, 0.3) is 0 Å². The molecule has 1 aliphatic heterocycles. The fraction of sp³-hybridized carbons (Fsp3) is 0.875. The van der Waals surface area contributed by atoms with Gasteiger partial charge in [0.2, 0.25) is 0 Å². The molecule has 1 saturated heterocycles. The van der Waals surface area contributed by atoms with Crippen molar-refractivity contribution < 1.29 is 9.47 Å². The summed E-state index contributed by atoms with van der Waals surface area (Å²) in [7, 11) is 0. The maximum absolute atomic E-state index is 6.03. The average Bonchev–Trinajstić information content (AvgIpc) is 2.85. The molecule has 2 heteroatoms. The van der Waals surface area contributed by atoms with Crippen molar-refractivity contribution in [3.8, 4) is 0 Å². The SMILES string of the molecule is C=CC1CCC(OCC2CCC(CCC)O2)CC1. The highest BCUT2D eigenvalue weighted by atomic mass is 16.5. The van der Waals surface area contributed by atoms with Crippen LogP contribution in [0, 0.1) is 5.92 Å². The molecule has 104 valence electrons. The fourth-order valence-corrected chi connectivity index (χ4v) is 3.17. The van der Waals surface area contributed by atoms with Crippen molar-refractivity contribution >= 4 is 0 Å². The van der Waals surface area contributed by atoms with E-state index in [1.54, 1.807) is 0 Å². The predicted octanol–water partition coefficient (Wildman–Crippen LogP) is 4.10. The molecule has 0 N–H and O–H groups in total. The number of allylic oxidation sites excluding steroid dienone is 1. The molecule has 0 radical (unpaired) electrons. The van der Waals surface area contributed by atoms with Gasteiger partial charge in [-0.05, 0) is 50.9 Å². The summed E-state index contributed by atoms with van der Waals surface area (Å²) in [5, 5.41) is 0. The lowest BCUT2D eigenvalue weighted by atomic mass is 9.87. The van der Waals surface area contributed by atoms with Gasteiger partial charge in [0.25, 0.3) is 0 Å². The van der Waals surface area contributed by atoms with Crippen molar-refractivity contribution in [1.82, 2.24) is 0 Å². The molecular weight excluding hydrogens is 224 g/mol. The zero-order valence-electron chi connectivity index (χ0n) is 11.8. The van der Waals surface area contributed by atoms with Crippen LogP contribution in [-0.4, -0.2) is 24.9 Å². The molecule has 1 aliphatic carbocycles. The minimum Gasteiger partial charge on any atom is -0.376 e. The third-order valence-corrected chi connectivity index (χ3v) is 4.38. The van der Waals surface area contributed by atoms with E-state index in [0.717, 1.165) is 12.5 Å². The lowest BCUT2D eigenvalue weighted by Crippen LogP contribution is -2.25. The molecular formula is C16H28O2.